The molecule has 3 heteroatoms. The van der Waals surface area contributed by atoms with Gasteiger partial charge < -0.3 is 5.73 Å². The second-order valence-corrected chi connectivity index (χ2v) is 5.23. The van der Waals surface area contributed by atoms with Gasteiger partial charge in [-0.2, -0.15) is 0 Å². The molecule has 0 aromatic heterocycles. The zero-order valence-electron chi connectivity index (χ0n) is 12.1. The summed E-state index contributed by atoms with van der Waals surface area (Å²) in [5.41, 5.74) is 9.80. The van der Waals surface area contributed by atoms with E-state index >= 15 is 0 Å². The van der Waals surface area contributed by atoms with Crippen molar-refractivity contribution in [3.05, 3.63) is 70.5 Å². The number of halogens is 1. The van der Waals surface area contributed by atoms with Crippen LogP contribution in [0.5, 0.6) is 0 Å². The highest BCUT2D eigenvalue weighted by molar-refractivity contribution is 5.27. The van der Waals surface area contributed by atoms with E-state index in [1.54, 1.807) is 6.07 Å². The van der Waals surface area contributed by atoms with Gasteiger partial charge in [0.15, 0.2) is 0 Å². The molecule has 0 unspecified atom stereocenters. The van der Waals surface area contributed by atoms with Crippen LogP contribution in [-0.4, -0.2) is 11.9 Å². The molecule has 2 aromatic rings. The van der Waals surface area contributed by atoms with Gasteiger partial charge in [-0.3, -0.25) is 4.90 Å². The van der Waals surface area contributed by atoms with Crippen molar-refractivity contribution in [2.45, 2.75) is 26.6 Å². The molecule has 0 spiro atoms. The van der Waals surface area contributed by atoms with Gasteiger partial charge in [0.25, 0.3) is 0 Å². The van der Waals surface area contributed by atoms with E-state index in [0.29, 0.717) is 18.7 Å². The van der Waals surface area contributed by atoms with Crippen molar-refractivity contribution in [1.29, 1.82) is 0 Å². The number of aryl methyl sites for hydroxylation is 1. The molecule has 0 bridgehead atoms. The van der Waals surface area contributed by atoms with Crippen LogP contribution in [0.25, 0.3) is 0 Å². The molecule has 2 N–H and O–H groups in total. The third-order valence-corrected chi connectivity index (χ3v) is 3.49. The van der Waals surface area contributed by atoms with Crippen LogP contribution >= 0.6 is 0 Å². The third-order valence-electron chi connectivity index (χ3n) is 3.49. The molecule has 0 aliphatic heterocycles. The van der Waals surface area contributed by atoms with E-state index in [0.717, 1.165) is 12.1 Å². The van der Waals surface area contributed by atoms with E-state index in [9.17, 15) is 4.39 Å². The number of benzene rings is 2. The molecule has 0 amide bonds. The van der Waals surface area contributed by atoms with Crippen LogP contribution in [0.15, 0.2) is 42.5 Å². The summed E-state index contributed by atoms with van der Waals surface area (Å²) in [6.07, 6.45) is 0. The molecule has 0 aliphatic carbocycles. The van der Waals surface area contributed by atoms with Crippen molar-refractivity contribution in [2.24, 2.45) is 5.73 Å². The quantitative estimate of drug-likeness (QED) is 0.905. The van der Waals surface area contributed by atoms with Gasteiger partial charge in [0, 0.05) is 25.2 Å². The molecule has 0 radical (unpaired) electrons. The summed E-state index contributed by atoms with van der Waals surface area (Å²) in [6.45, 7) is 3.92. The molecular formula is C17H21FN2. The van der Waals surface area contributed by atoms with Crippen molar-refractivity contribution < 1.29 is 4.39 Å². The Morgan fingerprint density at radius 1 is 1.05 bits per heavy atom. The Morgan fingerprint density at radius 3 is 2.45 bits per heavy atom. The lowest BCUT2D eigenvalue weighted by Crippen LogP contribution is -2.19. The van der Waals surface area contributed by atoms with E-state index in [2.05, 4.69) is 24.0 Å². The maximum atomic E-state index is 13.8. The minimum absolute atomic E-state index is 0.168. The highest BCUT2D eigenvalue weighted by Crippen LogP contribution is 2.15. The Morgan fingerprint density at radius 2 is 1.75 bits per heavy atom. The van der Waals surface area contributed by atoms with Gasteiger partial charge in [0.2, 0.25) is 0 Å². The van der Waals surface area contributed by atoms with Gasteiger partial charge in [0.05, 0.1) is 0 Å². The van der Waals surface area contributed by atoms with Gasteiger partial charge in [-0.05, 0) is 36.7 Å². The fourth-order valence-electron chi connectivity index (χ4n) is 2.30. The number of hydrogen-bond acceptors (Lipinski definition) is 2. The van der Waals surface area contributed by atoms with Gasteiger partial charge >= 0.3 is 0 Å². The number of rotatable bonds is 5. The summed E-state index contributed by atoms with van der Waals surface area (Å²) < 4.78 is 13.8. The van der Waals surface area contributed by atoms with Crippen molar-refractivity contribution in [2.75, 3.05) is 7.05 Å². The minimum Gasteiger partial charge on any atom is -0.326 e. The largest absolute Gasteiger partial charge is 0.326 e. The Hall–Kier alpha value is -1.71. The molecule has 0 fully saturated rings. The number of nitrogens with two attached hydrogens (primary N) is 1. The maximum absolute atomic E-state index is 13.8. The molecule has 20 heavy (non-hydrogen) atoms. The first-order valence-electron chi connectivity index (χ1n) is 6.80. The molecular weight excluding hydrogens is 251 g/mol. The summed E-state index contributed by atoms with van der Waals surface area (Å²) >= 11 is 0. The first-order valence-corrected chi connectivity index (χ1v) is 6.80. The highest BCUT2D eigenvalue weighted by Gasteiger charge is 2.08. The average Bonchev–Trinajstić information content (AvgIpc) is 2.44. The number of hydrogen-bond donors (Lipinski definition) is 1. The summed E-state index contributed by atoms with van der Waals surface area (Å²) in [6, 6.07) is 13.4. The summed E-state index contributed by atoms with van der Waals surface area (Å²) in [7, 11) is 2.00. The average molecular weight is 272 g/mol. The normalized spacial score (nSPS) is 11.1. The van der Waals surface area contributed by atoms with Gasteiger partial charge in [-0.1, -0.05) is 36.4 Å². The third kappa shape index (κ3) is 3.65. The van der Waals surface area contributed by atoms with Crippen LogP contribution in [0.3, 0.4) is 0 Å². The molecule has 2 aromatic carbocycles. The highest BCUT2D eigenvalue weighted by atomic mass is 19.1. The fourth-order valence-corrected chi connectivity index (χ4v) is 2.30. The minimum atomic E-state index is -0.168. The molecule has 106 valence electrons. The maximum Gasteiger partial charge on any atom is 0.127 e. The van der Waals surface area contributed by atoms with Crippen LogP contribution in [0.4, 0.5) is 4.39 Å². The summed E-state index contributed by atoms with van der Waals surface area (Å²) in [4.78, 5) is 2.11. The first kappa shape index (κ1) is 14.7. The SMILES string of the molecule is Cc1ccccc1CN(C)Cc1cc(CN)ccc1F. The predicted octanol–water partition coefficient (Wildman–Crippen LogP) is 3.22. The zero-order valence-corrected chi connectivity index (χ0v) is 12.1. The van der Waals surface area contributed by atoms with E-state index < -0.39 is 0 Å². The second-order valence-electron chi connectivity index (χ2n) is 5.23. The Kier molecular flexibility index (Phi) is 4.88. The molecule has 0 heterocycles. The monoisotopic (exact) mass is 272 g/mol. The van der Waals surface area contributed by atoms with Crippen LogP contribution in [0.1, 0.15) is 22.3 Å². The standard InChI is InChI=1S/C17H21FN2/c1-13-5-3-4-6-15(13)11-20(2)12-16-9-14(10-19)7-8-17(16)18/h3-9H,10-12,19H2,1-2H3. The zero-order chi connectivity index (χ0) is 14.5. The summed E-state index contributed by atoms with van der Waals surface area (Å²) in [5, 5.41) is 0. The van der Waals surface area contributed by atoms with Crippen molar-refractivity contribution in [1.82, 2.24) is 4.90 Å². The van der Waals surface area contributed by atoms with E-state index in [1.165, 1.54) is 17.2 Å². The lowest BCUT2D eigenvalue weighted by atomic mass is 10.1. The van der Waals surface area contributed by atoms with Gasteiger partial charge in [-0.25, -0.2) is 4.39 Å². The van der Waals surface area contributed by atoms with E-state index in [1.807, 2.05) is 25.2 Å². The second kappa shape index (κ2) is 6.64. The molecule has 0 saturated heterocycles. The molecule has 0 saturated carbocycles. The molecule has 0 aliphatic rings. The van der Waals surface area contributed by atoms with Crippen molar-refractivity contribution >= 4 is 0 Å². The van der Waals surface area contributed by atoms with Crippen LogP contribution in [0, 0.1) is 12.7 Å². The lowest BCUT2D eigenvalue weighted by Gasteiger charge is -2.19. The Bertz CT molecular complexity index is 581. The van der Waals surface area contributed by atoms with Crippen LogP contribution < -0.4 is 5.73 Å². The number of nitrogens with zero attached hydrogens (tertiary/aromatic N) is 1. The summed E-state index contributed by atoms with van der Waals surface area (Å²) in [5.74, 6) is -0.168. The Balaban J connectivity index is 2.08. The van der Waals surface area contributed by atoms with Crippen molar-refractivity contribution in [3.63, 3.8) is 0 Å². The first-order chi connectivity index (χ1) is 9.60. The molecule has 2 nitrogen and oxygen atoms in total. The topological polar surface area (TPSA) is 29.3 Å². The smallest absolute Gasteiger partial charge is 0.127 e. The van der Waals surface area contributed by atoms with Crippen LogP contribution in [-0.2, 0) is 19.6 Å². The lowest BCUT2D eigenvalue weighted by molar-refractivity contribution is 0.313. The predicted molar refractivity (Wildman–Crippen MR) is 80.6 cm³/mol. The molecule has 2 rings (SSSR count). The van der Waals surface area contributed by atoms with E-state index in [-0.39, 0.29) is 5.82 Å². The van der Waals surface area contributed by atoms with Crippen LogP contribution in [0.2, 0.25) is 0 Å². The van der Waals surface area contributed by atoms with E-state index in [4.69, 9.17) is 5.73 Å². The van der Waals surface area contributed by atoms with Gasteiger partial charge in [-0.15, -0.1) is 0 Å². The Labute approximate surface area is 120 Å². The van der Waals surface area contributed by atoms with Gasteiger partial charge in [0.1, 0.15) is 5.82 Å². The van der Waals surface area contributed by atoms with Crippen molar-refractivity contribution in [3.8, 4) is 0 Å². The molecule has 0 atom stereocenters. The fraction of sp³-hybridized carbons (Fsp3) is 0.294.